The van der Waals surface area contributed by atoms with E-state index in [-0.39, 0.29) is 0 Å². The molecule has 0 aliphatic carbocycles. The van der Waals surface area contributed by atoms with Crippen LogP contribution in [-0.2, 0) is 0 Å². The molecule has 0 bridgehead atoms. The van der Waals surface area contributed by atoms with Crippen molar-refractivity contribution in [2.75, 3.05) is 5.73 Å². The summed E-state index contributed by atoms with van der Waals surface area (Å²) in [5.74, 6) is 2.06. The molecule has 0 atom stereocenters. The van der Waals surface area contributed by atoms with Gasteiger partial charge in [0.25, 0.3) is 0 Å². The Morgan fingerprint density at radius 3 is 2.59 bits per heavy atom. The number of rotatable bonds is 2. The number of nitrogen functional groups attached to an aromatic ring is 1. The Morgan fingerprint density at radius 2 is 1.94 bits per heavy atom. The summed E-state index contributed by atoms with van der Waals surface area (Å²) in [6, 6.07) is 6.99. The number of benzene rings is 1. The number of ether oxygens (including phenoxy) is 1. The van der Waals surface area contributed by atoms with E-state index in [1.807, 2.05) is 13.0 Å². The van der Waals surface area contributed by atoms with Gasteiger partial charge >= 0.3 is 0 Å². The van der Waals surface area contributed by atoms with Gasteiger partial charge in [0.1, 0.15) is 17.4 Å². The Hall–Kier alpha value is -1.81. The van der Waals surface area contributed by atoms with Gasteiger partial charge in [-0.15, -0.1) is 0 Å². The van der Waals surface area contributed by atoms with E-state index >= 15 is 0 Å². The van der Waals surface area contributed by atoms with Crippen LogP contribution in [0.2, 0.25) is 5.02 Å². The molecule has 2 aromatic rings. The molecule has 2 N–H and O–H groups in total. The predicted molar refractivity (Wildman–Crippen MR) is 67.4 cm³/mol. The van der Waals surface area contributed by atoms with E-state index in [9.17, 15) is 0 Å². The van der Waals surface area contributed by atoms with Crippen molar-refractivity contribution in [3.8, 4) is 11.6 Å². The molecular formula is C12H12ClN3O. The summed E-state index contributed by atoms with van der Waals surface area (Å²) < 4.78 is 5.59. The molecule has 1 heterocycles. The van der Waals surface area contributed by atoms with Crippen molar-refractivity contribution in [1.29, 1.82) is 0 Å². The molecule has 88 valence electrons. The Labute approximate surface area is 104 Å². The second kappa shape index (κ2) is 4.59. The Balaban J connectivity index is 2.28. The molecule has 17 heavy (non-hydrogen) atoms. The lowest BCUT2D eigenvalue weighted by atomic mass is 10.2. The number of anilines is 1. The monoisotopic (exact) mass is 249 g/mol. The molecule has 1 aromatic heterocycles. The average Bonchev–Trinajstić information content (AvgIpc) is 2.22. The van der Waals surface area contributed by atoms with E-state index in [1.54, 1.807) is 25.1 Å². The van der Waals surface area contributed by atoms with Crippen LogP contribution in [0.3, 0.4) is 0 Å². The molecule has 0 aliphatic heterocycles. The first kappa shape index (κ1) is 11.7. The normalized spacial score (nSPS) is 10.3. The molecular weight excluding hydrogens is 238 g/mol. The zero-order chi connectivity index (χ0) is 12.4. The highest BCUT2D eigenvalue weighted by molar-refractivity contribution is 6.31. The van der Waals surface area contributed by atoms with Crippen LogP contribution in [-0.4, -0.2) is 9.97 Å². The number of halogens is 1. The van der Waals surface area contributed by atoms with Gasteiger partial charge in [0, 0.05) is 11.1 Å². The van der Waals surface area contributed by atoms with E-state index in [2.05, 4.69) is 9.97 Å². The van der Waals surface area contributed by atoms with Crippen molar-refractivity contribution < 1.29 is 4.74 Å². The standard InChI is InChI=1S/C12H12ClN3O/c1-7-5-9(3-4-10(7)13)17-12-6-11(14)15-8(2)16-12/h3-6H,1-2H3,(H2,14,15,16). The van der Waals surface area contributed by atoms with Crippen molar-refractivity contribution in [2.45, 2.75) is 13.8 Å². The minimum atomic E-state index is 0.387. The minimum Gasteiger partial charge on any atom is -0.439 e. The lowest BCUT2D eigenvalue weighted by molar-refractivity contribution is 0.460. The van der Waals surface area contributed by atoms with Crippen LogP contribution in [0.1, 0.15) is 11.4 Å². The van der Waals surface area contributed by atoms with E-state index in [0.29, 0.717) is 28.3 Å². The Morgan fingerprint density at radius 1 is 1.18 bits per heavy atom. The molecule has 4 nitrogen and oxygen atoms in total. The largest absolute Gasteiger partial charge is 0.439 e. The van der Waals surface area contributed by atoms with Gasteiger partial charge in [-0.05, 0) is 37.6 Å². The van der Waals surface area contributed by atoms with Crippen LogP contribution in [0.5, 0.6) is 11.6 Å². The molecule has 0 saturated heterocycles. The molecule has 0 amide bonds. The van der Waals surface area contributed by atoms with Gasteiger partial charge in [-0.25, -0.2) is 4.98 Å². The molecule has 5 heteroatoms. The van der Waals surface area contributed by atoms with Crippen LogP contribution >= 0.6 is 11.6 Å². The van der Waals surface area contributed by atoms with Crippen LogP contribution in [0, 0.1) is 13.8 Å². The Kier molecular flexibility index (Phi) is 3.15. The first-order valence-electron chi connectivity index (χ1n) is 5.10. The van der Waals surface area contributed by atoms with Gasteiger partial charge < -0.3 is 10.5 Å². The molecule has 2 rings (SSSR count). The third kappa shape index (κ3) is 2.85. The van der Waals surface area contributed by atoms with Gasteiger partial charge in [-0.2, -0.15) is 4.98 Å². The minimum absolute atomic E-state index is 0.387. The van der Waals surface area contributed by atoms with Crippen LogP contribution in [0.15, 0.2) is 24.3 Å². The quantitative estimate of drug-likeness (QED) is 0.888. The number of aryl methyl sites for hydroxylation is 2. The summed E-state index contributed by atoms with van der Waals surface area (Å²) in [6.07, 6.45) is 0. The number of nitrogens with two attached hydrogens (primary N) is 1. The Bertz CT molecular complexity index is 537. The maximum atomic E-state index is 5.93. The maximum absolute atomic E-state index is 5.93. The first-order valence-corrected chi connectivity index (χ1v) is 5.47. The maximum Gasteiger partial charge on any atom is 0.224 e. The molecule has 0 spiro atoms. The second-order valence-corrected chi connectivity index (χ2v) is 4.10. The van der Waals surface area contributed by atoms with Gasteiger partial charge in [0.15, 0.2) is 0 Å². The highest BCUT2D eigenvalue weighted by atomic mass is 35.5. The van der Waals surface area contributed by atoms with Gasteiger partial charge in [-0.1, -0.05) is 11.6 Å². The summed E-state index contributed by atoms with van der Waals surface area (Å²) in [7, 11) is 0. The third-order valence-electron chi connectivity index (χ3n) is 2.19. The van der Waals surface area contributed by atoms with Crippen LogP contribution in [0.25, 0.3) is 0 Å². The zero-order valence-electron chi connectivity index (χ0n) is 9.57. The third-order valence-corrected chi connectivity index (χ3v) is 2.61. The predicted octanol–water partition coefficient (Wildman–Crippen LogP) is 3.12. The molecule has 0 aliphatic rings. The number of hydrogen-bond acceptors (Lipinski definition) is 4. The van der Waals surface area contributed by atoms with Crippen molar-refractivity contribution in [3.05, 3.63) is 40.7 Å². The SMILES string of the molecule is Cc1nc(N)cc(Oc2ccc(Cl)c(C)c2)n1. The summed E-state index contributed by atoms with van der Waals surface area (Å²) in [4.78, 5) is 8.11. The van der Waals surface area contributed by atoms with Crippen molar-refractivity contribution in [1.82, 2.24) is 9.97 Å². The highest BCUT2D eigenvalue weighted by Crippen LogP contribution is 2.25. The van der Waals surface area contributed by atoms with Crippen molar-refractivity contribution in [3.63, 3.8) is 0 Å². The average molecular weight is 250 g/mol. The molecule has 1 aromatic carbocycles. The lowest BCUT2D eigenvalue weighted by Crippen LogP contribution is -1.97. The number of aromatic nitrogens is 2. The van der Waals surface area contributed by atoms with Crippen molar-refractivity contribution in [2.24, 2.45) is 0 Å². The topological polar surface area (TPSA) is 61.0 Å². The number of nitrogens with zero attached hydrogens (tertiary/aromatic N) is 2. The summed E-state index contributed by atoms with van der Waals surface area (Å²) in [5, 5.41) is 0.704. The molecule has 0 saturated carbocycles. The van der Waals surface area contributed by atoms with E-state index in [0.717, 1.165) is 5.56 Å². The smallest absolute Gasteiger partial charge is 0.224 e. The van der Waals surface area contributed by atoms with Crippen molar-refractivity contribution >= 4 is 17.4 Å². The first-order chi connectivity index (χ1) is 8.04. The van der Waals surface area contributed by atoms with Crippen LogP contribution < -0.4 is 10.5 Å². The van der Waals surface area contributed by atoms with E-state index < -0.39 is 0 Å². The lowest BCUT2D eigenvalue weighted by Gasteiger charge is -2.07. The zero-order valence-corrected chi connectivity index (χ0v) is 10.3. The highest BCUT2D eigenvalue weighted by Gasteiger charge is 2.03. The van der Waals surface area contributed by atoms with E-state index in [1.165, 1.54) is 0 Å². The van der Waals surface area contributed by atoms with Crippen LogP contribution in [0.4, 0.5) is 5.82 Å². The van der Waals surface area contributed by atoms with Gasteiger partial charge in [0.2, 0.25) is 5.88 Å². The summed E-state index contributed by atoms with van der Waals surface area (Å²) >= 11 is 5.93. The molecule has 0 radical (unpaired) electrons. The fraction of sp³-hybridized carbons (Fsp3) is 0.167. The fourth-order valence-corrected chi connectivity index (χ4v) is 1.53. The summed E-state index contributed by atoms with van der Waals surface area (Å²) in [6.45, 7) is 3.67. The second-order valence-electron chi connectivity index (χ2n) is 3.69. The van der Waals surface area contributed by atoms with Gasteiger partial charge in [0.05, 0.1) is 0 Å². The summed E-state index contributed by atoms with van der Waals surface area (Å²) in [5.41, 5.74) is 6.56. The number of hydrogen-bond donors (Lipinski definition) is 1. The molecule has 0 fully saturated rings. The fourth-order valence-electron chi connectivity index (χ4n) is 1.42. The van der Waals surface area contributed by atoms with E-state index in [4.69, 9.17) is 22.1 Å². The molecule has 0 unspecified atom stereocenters. The van der Waals surface area contributed by atoms with Gasteiger partial charge in [-0.3, -0.25) is 0 Å².